The SMILES string of the molecule is CCCCCC[C@@H]1CC(=O)[C@]2(O)O[C@@H]3[C@@H](NC)[C@@H](O)[C@@H](NC)[C@H](O)[C@H]3O[C@@H]2O1. The number of hydrogen-bond acceptors (Lipinski definition) is 9. The minimum absolute atomic E-state index is 0.0499. The molecule has 0 unspecified atom stereocenters. The second-order valence-electron chi connectivity index (χ2n) is 8.06. The first-order valence-corrected chi connectivity index (χ1v) is 10.3. The predicted octanol–water partition coefficient (Wildman–Crippen LogP) is -0.975. The molecular formula is C19H34N2O7. The van der Waals surface area contributed by atoms with E-state index >= 15 is 0 Å². The Morgan fingerprint density at radius 2 is 1.75 bits per heavy atom. The zero-order valence-corrected chi connectivity index (χ0v) is 16.8. The van der Waals surface area contributed by atoms with Crippen LogP contribution < -0.4 is 10.6 Å². The fraction of sp³-hybridized carbons (Fsp3) is 0.947. The highest BCUT2D eigenvalue weighted by molar-refractivity contribution is 5.87. The third-order valence-electron chi connectivity index (χ3n) is 6.21. The molecule has 28 heavy (non-hydrogen) atoms. The summed E-state index contributed by atoms with van der Waals surface area (Å²) in [6, 6.07) is -1.30. The van der Waals surface area contributed by atoms with Gasteiger partial charge in [0.1, 0.15) is 18.3 Å². The number of ether oxygens (including phenoxy) is 3. The monoisotopic (exact) mass is 402 g/mol. The number of unbranched alkanes of at least 4 members (excludes halogenated alkanes) is 3. The lowest BCUT2D eigenvalue weighted by atomic mass is 9.80. The van der Waals surface area contributed by atoms with Gasteiger partial charge >= 0.3 is 0 Å². The summed E-state index contributed by atoms with van der Waals surface area (Å²) in [4.78, 5) is 12.7. The molecule has 3 aliphatic rings. The summed E-state index contributed by atoms with van der Waals surface area (Å²) >= 11 is 0. The van der Waals surface area contributed by atoms with E-state index in [1.54, 1.807) is 14.1 Å². The van der Waals surface area contributed by atoms with Crippen molar-refractivity contribution in [3.05, 3.63) is 0 Å². The second-order valence-corrected chi connectivity index (χ2v) is 8.06. The van der Waals surface area contributed by atoms with Crippen LogP contribution in [0.25, 0.3) is 0 Å². The summed E-state index contributed by atoms with van der Waals surface area (Å²) < 4.78 is 17.5. The average Bonchev–Trinajstić information content (AvgIpc) is 2.66. The van der Waals surface area contributed by atoms with E-state index in [0.717, 1.165) is 25.7 Å². The second kappa shape index (κ2) is 9.01. The molecule has 2 heterocycles. The average molecular weight is 402 g/mol. The maximum absolute atomic E-state index is 12.7. The summed E-state index contributed by atoms with van der Waals surface area (Å²) in [5.41, 5.74) is 0. The van der Waals surface area contributed by atoms with Crippen LogP contribution in [0.1, 0.15) is 45.4 Å². The van der Waals surface area contributed by atoms with Crippen LogP contribution in [0.4, 0.5) is 0 Å². The molecule has 0 aromatic carbocycles. The van der Waals surface area contributed by atoms with Crippen LogP contribution in [0.15, 0.2) is 0 Å². The topological polar surface area (TPSA) is 130 Å². The molecule has 0 amide bonds. The van der Waals surface area contributed by atoms with Gasteiger partial charge in [-0.1, -0.05) is 32.6 Å². The predicted molar refractivity (Wildman–Crippen MR) is 99.4 cm³/mol. The number of Topliss-reactive ketones (excluding diaryl/α,β-unsaturated/α-hetero) is 1. The lowest BCUT2D eigenvalue weighted by Gasteiger charge is -2.55. The van der Waals surface area contributed by atoms with Crippen molar-refractivity contribution in [1.29, 1.82) is 0 Å². The molecule has 2 aliphatic heterocycles. The van der Waals surface area contributed by atoms with Crippen molar-refractivity contribution in [1.82, 2.24) is 10.6 Å². The molecule has 0 aromatic rings. The molecule has 0 bridgehead atoms. The van der Waals surface area contributed by atoms with E-state index in [2.05, 4.69) is 17.6 Å². The van der Waals surface area contributed by atoms with Crippen LogP contribution in [-0.2, 0) is 19.0 Å². The zero-order valence-electron chi connectivity index (χ0n) is 16.8. The minimum Gasteiger partial charge on any atom is -0.390 e. The Kier molecular flexibility index (Phi) is 7.09. The molecule has 0 spiro atoms. The molecule has 5 N–H and O–H groups in total. The van der Waals surface area contributed by atoms with Gasteiger partial charge in [0.25, 0.3) is 5.79 Å². The molecule has 162 valence electrons. The number of aliphatic hydroxyl groups excluding tert-OH is 2. The van der Waals surface area contributed by atoms with Gasteiger partial charge in [0.05, 0.1) is 24.3 Å². The van der Waals surface area contributed by atoms with Crippen LogP contribution in [0.2, 0.25) is 0 Å². The fourth-order valence-electron chi connectivity index (χ4n) is 4.56. The third-order valence-corrected chi connectivity index (χ3v) is 6.21. The maximum Gasteiger partial charge on any atom is 0.280 e. The zero-order chi connectivity index (χ0) is 20.5. The molecule has 1 saturated carbocycles. The molecular weight excluding hydrogens is 368 g/mol. The van der Waals surface area contributed by atoms with Gasteiger partial charge in [0.15, 0.2) is 5.78 Å². The van der Waals surface area contributed by atoms with Gasteiger partial charge in [-0.15, -0.1) is 0 Å². The first-order chi connectivity index (χ1) is 13.4. The highest BCUT2D eigenvalue weighted by atomic mass is 16.8. The number of likely N-dealkylation sites (N-methyl/N-ethyl adjacent to an activating group) is 2. The Labute approximate surface area is 165 Å². The molecule has 0 aromatic heterocycles. The van der Waals surface area contributed by atoms with Gasteiger partial charge in [0, 0.05) is 6.42 Å². The number of ketones is 1. The van der Waals surface area contributed by atoms with Crippen LogP contribution in [0.3, 0.4) is 0 Å². The highest BCUT2D eigenvalue weighted by Crippen LogP contribution is 2.40. The number of aliphatic hydroxyl groups is 3. The van der Waals surface area contributed by atoms with Gasteiger partial charge in [0.2, 0.25) is 6.29 Å². The lowest BCUT2D eigenvalue weighted by molar-refractivity contribution is -0.421. The Morgan fingerprint density at radius 3 is 2.39 bits per heavy atom. The van der Waals surface area contributed by atoms with Gasteiger partial charge in [-0.25, -0.2) is 0 Å². The number of rotatable bonds is 7. The molecule has 0 radical (unpaired) electrons. The number of hydrogen-bond donors (Lipinski definition) is 5. The Hall–Kier alpha value is -0.650. The molecule has 9 nitrogen and oxygen atoms in total. The minimum atomic E-state index is -2.23. The highest BCUT2D eigenvalue weighted by Gasteiger charge is 2.63. The fourth-order valence-corrected chi connectivity index (χ4v) is 4.56. The summed E-state index contributed by atoms with van der Waals surface area (Å²) in [7, 11) is 3.28. The van der Waals surface area contributed by atoms with E-state index in [1.165, 1.54) is 0 Å². The molecule has 3 fully saturated rings. The van der Waals surface area contributed by atoms with Crippen molar-refractivity contribution in [3.63, 3.8) is 0 Å². The summed E-state index contributed by atoms with van der Waals surface area (Å²) in [6.45, 7) is 2.13. The summed E-state index contributed by atoms with van der Waals surface area (Å²) in [5, 5.41) is 38.0. The van der Waals surface area contributed by atoms with E-state index < -0.39 is 54.4 Å². The van der Waals surface area contributed by atoms with Crippen molar-refractivity contribution >= 4 is 5.78 Å². The van der Waals surface area contributed by atoms with Gasteiger partial charge in [-0.3, -0.25) is 4.79 Å². The first kappa shape index (κ1) is 22.0. The van der Waals surface area contributed by atoms with Crippen LogP contribution >= 0.6 is 0 Å². The van der Waals surface area contributed by atoms with Crippen molar-refractivity contribution in [3.8, 4) is 0 Å². The third kappa shape index (κ3) is 3.87. The molecule has 1 aliphatic carbocycles. The molecule has 3 rings (SSSR count). The van der Waals surface area contributed by atoms with Crippen molar-refractivity contribution < 1.29 is 34.3 Å². The molecule has 2 saturated heterocycles. The molecule has 9 heteroatoms. The lowest BCUT2D eigenvalue weighted by Crippen LogP contribution is -2.77. The number of nitrogens with one attached hydrogen (secondary N) is 2. The summed E-state index contributed by atoms with van der Waals surface area (Å²) in [6.07, 6.45) is -0.517. The van der Waals surface area contributed by atoms with Crippen LogP contribution in [0.5, 0.6) is 0 Å². The van der Waals surface area contributed by atoms with Gasteiger partial charge in [-0.05, 0) is 20.5 Å². The first-order valence-electron chi connectivity index (χ1n) is 10.3. The smallest absolute Gasteiger partial charge is 0.280 e. The largest absolute Gasteiger partial charge is 0.390 e. The van der Waals surface area contributed by atoms with E-state index in [4.69, 9.17) is 14.2 Å². The Balaban J connectivity index is 1.75. The van der Waals surface area contributed by atoms with Crippen molar-refractivity contribution in [2.24, 2.45) is 0 Å². The van der Waals surface area contributed by atoms with Crippen molar-refractivity contribution in [2.75, 3.05) is 14.1 Å². The number of carbonyl (C=O) groups is 1. The Morgan fingerprint density at radius 1 is 1.04 bits per heavy atom. The number of fused-ring (bicyclic) bond motifs is 2. The molecule has 9 atom stereocenters. The number of carbonyl (C=O) groups excluding carboxylic acids is 1. The normalized spacial score (nSPS) is 46.1. The quantitative estimate of drug-likeness (QED) is 0.341. The summed E-state index contributed by atoms with van der Waals surface area (Å²) in [5.74, 6) is -2.72. The van der Waals surface area contributed by atoms with Gasteiger partial charge < -0.3 is 40.2 Å². The van der Waals surface area contributed by atoms with E-state index in [1.807, 2.05) is 0 Å². The van der Waals surface area contributed by atoms with Crippen molar-refractivity contribution in [2.45, 2.75) is 100 Å². The van der Waals surface area contributed by atoms with Crippen LogP contribution in [0, 0.1) is 0 Å². The Bertz CT molecular complexity index is 550. The van der Waals surface area contributed by atoms with E-state index in [0.29, 0.717) is 6.42 Å². The standard InChI is InChI=1S/C19H34N2O7/c1-4-5-6-7-8-10-9-11(22)19(25)18(26-10)27-17-15(24)12(20-2)14(23)13(21-3)16(17)28-19/h10,12-18,20-21,23-25H,4-9H2,1-3H3/t10-,12-,13+,14+,15+,16-,17-,18+,19+/m1/s1. The van der Waals surface area contributed by atoms with E-state index in [-0.39, 0.29) is 12.5 Å². The maximum atomic E-state index is 12.7. The van der Waals surface area contributed by atoms with Gasteiger partial charge in [-0.2, -0.15) is 0 Å². The van der Waals surface area contributed by atoms with Crippen LogP contribution in [-0.4, -0.2) is 89.9 Å². The van der Waals surface area contributed by atoms with E-state index in [9.17, 15) is 20.1 Å².